The first-order valence-electron chi connectivity index (χ1n) is 10.2. The molecule has 0 amide bonds. The quantitative estimate of drug-likeness (QED) is 0.573. The Hall–Kier alpha value is -2.96. The molecule has 0 aliphatic carbocycles. The van der Waals surface area contributed by atoms with Gasteiger partial charge in [-0.05, 0) is 38.1 Å². The Morgan fingerprint density at radius 3 is 2.48 bits per heavy atom. The number of aliphatic imine (C=N–C) groups is 1. The van der Waals surface area contributed by atoms with Crippen molar-refractivity contribution in [1.82, 2.24) is 15.2 Å². The molecule has 1 atom stereocenters. The molecule has 2 aromatic rings. The molecular formula is C22H31N5O2. The zero-order valence-corrected chi connectivity index (χ0v) is 17.5. The summed E-state index contributed by atoms with van der Waals surface area (Å²) >= 11 is 0. The molecule has 1 saturated heterocycles. The van der Waals surface area contributed by atoms with Gasteiger partial charge in [0.2, 0.25) is 0 Å². The van der Waals surface area contributed by atoms with E-state index >= 15 is 0 Å². The van der Waals surface area contributed by atoms with Gasteiger partial charge in [0.15, 0.2) is 17.5 Å². The van der Waals surface area contributed by atoms with Crippen LogP contribution in [-0.4, -0.2) is 68.3 Å². The Labute approximate surface area is 173 Å². The number of hydrogen-bond acceptors (Lipinski definition) is 5. The number of guanidine groups is 1. The summed E-state index contributed by atoms with van der Waals surface area (Å²) in [6.07, 6.45) is 1.78. The van der Waals surface area contributed by atoms with E-state index in [1.54, 1.807) is 7.11 Å². The fraction of sp³-hybridized carbons (Fsp3) is 0.455. The number of methoxy groups -OCH3 is 1. The number of aromatic nitrogens is 1. The van der Waals surface area contributed by atoms with Crippen LogP contribution < -0.4 is 19.7 Å². The largest absolute Gasteiger partial charge is 0.493 e. The maximum Gasteiger partial charge on any atom is 0.194 e. The number of rotatable bonds is 7. The molecule has 29 heavy (non-hydrogen) atoms. The van der Waals surface area contributed by atoms with E-state index in [4.69, 9.17) is 14.5 Å². The molecule has 3 rings (SSSR count). The summed E-state index contributed by atoms with van der Waals surface area (Å²) < 4.78 is 11.4. The number of piperazine rings is 1. The number of ether oxygens (including phenoxy) is 2. The summed E-state index contributed by atoms with van der Waals surface area (Å²) in [7, 11) is 1.65. The summed E-state index contributed by atoms with van der Waals surface area (Å²) in [5, 5.41) is 3.41. The minimum absolute atomic E-state index is 0.0604. The van der Waals surface area contributed by atoms with Gasteiger partial charge in [-0.3, -0.25) is 0 Å². The van der Waals surface area contributed by atoms with Gasteiger partial charge in [-0.25, -0.2) is 9.98 Å². The number of para-hydroxylation sites is 2. The van der Waals surface area contributed by atoms with Crippen molar-refractivity contribution in [2.75, 3.05) is 51.3 Å². The van der Waals surface area contributed by atoms with E-state index in [1.165, 1.54) is 0 Å². The molecule has 0 spiro atoms. The Morgan fingerprint density at radius 2 is 1.83 bits per heavy atom. The van der Waals surface area contributed by atoms with Crippen molar-refractivity contribution in [2.24, 2.45) is 4.99 Å². The first-order chi connectivity index (χ1) is 14.2. The average molecular weight is 398 g/mol. The van der Waals surface area contributed by atoms with Crippen LogP contribution >= 0.6 is 0 Å². The third-order valence-electron chi connectivity index (χ3n) is 4.78. The first kappa shape index (κ1) is 20.8. The van der Waals surface area contributed by atoms with E-state index in [0.717, 1.165) is 56.0 Å². The minimum atomic E-state index is -0.0604. The molecule has 1 fully saturated rings. The fourth-order valence-electron chi connectivity index (χ4n) is 3.30. The second kappa shape index (κ2) is 10.5. The molecule has 0 bridgehead atoms. The van der Waals surface area contributed by atoms with Gasteiger partial charge in [-0.15, -0.1) is 0 Å². The summed E-state index contributed by atoms with van der Waals surface area (Å²) in [6, 6.07) is 13.7. The van der Waals surface area contributed by atoms with Gasteiger partial charge in [0.1, 0.15) is 11.9 Å². The molecule has 0 radical (unpaired) electrons. The van der Waals surface area contributed by atoms with E-state index in [0.29, 0.717) is 6.54 Å². The Morgan fingerprint density at radius 1 is 1.10 bits per heavy atom. The van der Waals surface area contributed by atoms with Gasteiger partial charge in [-0.2, -0.15) is 0 Å². The van der Waals surface area contributed by atoms with E-state index in [1.807, 2.05) is 49.5 Å². The smallest absolute Gasteiger partial charge is 0.194 e. The van der Waals surface area contributed by atoms with Gasteiger partial charge < -0.3 is 24.6 Å². The molecule has 1 aromatic heterocycles. The molecule has 156 valence electrons. The molecule has 1 aliphatic heterocycles. The molecule has 2 heterocycles. The zero-order valence-electron chi connectivity index (χ0n) is 17.5. The fourth-order valence-corrected chi connectivity index (χ4v) is 3.30. The SMILES string of the molecule is CCNC(=NCC(C)Oc1ccccc1OC)N1CCN(c2ccccn2)CC1. The lowest BCUT2D eigenvalue weighted by molar-refractivity contribution is 0.218. The van der Waals surface area contributed by atoms with Crippen molar-refractivity contribution in [1.29, 1.82) is 0 Å². The number of nitrogens with zero attached hydrogens (tertiary/aromatic N) is 4. The van der Waals surface area contributed by atoms with Gasteiger partial charge >= 0.3 is 0 Å². The Balaban J connectivity index is 1.57. The number of pyridine rings is 1. The summed E-state index contributed by atoms with van der Waals surface area (Å²) in [4.78, 5) is 13.9. The van der Waals surface area contributed by atoms with Crippen LogP contribution in [-0.2, 0) is 0 Å². The van der Waals surface area contributed by atoms with Crippen LogP contribution in [0.25, 0.3) is 0 Å². The molecule has 1 aromatic carbocycles. The van der Waals surface area contributed by atoms with E-state index in [-0.39, 0.29) is 6.10 Å². The van der Waals surface area contributed by atoms with Crippen LogP contribution in [0.5, 0.6) is 11.5 Å². The molecular weight excluding hydrogens is 366 g/mol. The standard InChI is InChI=1S/C22H31N5O2/c1-4-23-22(25-17-18(2)29-20-10-6-5-9-19(20)28-3)27-15-13-26(14-16-27)21-11-7-8-12-24-21/h5-12,18H,4,13-17H2,1-3H3,(H,23,25). The maximum atomic E-state index is 6.03. The molecule has 7 heteroatoms. The highest BCUT2D eigenvalue weighted by molar-refractivity contribution is 5.80. The number of nitrogens with one attached hydrogen (secondary N) is 1. The predicted molar refractivity (Wildman–Crippen MR) is 117 cm³/mol. The van der Waals surface area contributed by atoms with Crippen LogP contribution in [0.3, 0.4) is 0 Å². The highest BCUT2D eigenvalue weighted by Gasteiger charge is 2.20. The second-order valence-electron chi connectivity index (χ2n) is 6.94. The lowest BCUT2D eigenvalue weighted by Crippen LogP contribution is -2.53. The topological polar surface area (TPSA) is 62.2 Å². The van der Waals surface area contributed by atoms with Crippen LogP contribution in [0.15, 0.2) is 53.7 Å². The van der Waals surface area contributed by atoms with Crippen LogP contribution in [0, 0.1) is 0 Å². The normalized spacial score (nSPS) is 15.8. The van der Waals surface area contributed by atoms with Crippen LogP contribution in [0.2, 0.25) is 0 Å². The predicted octanol–water partition coefficient (Wildman–Crippen LogP) is 2.65. The number of hydrogen-bond donors (Lipinski definition) is 1. The highest BCUT2D eigenvalue weighted by Crippen LogP contribution is 2.26. The summed E-state index contributed by atoms with van der Waals surface area (Å²) in [6.45, 7) is 9.19. The molecule has 1 aliphatic rings. The highest BCUT2D eigenvalue weighted by atomic mass is 16.5. The first-order valence-corrected chi connectivity index (χ1v) is 10.2. The van der Waals surface area contributed by atoms with E-state index < -0.39 is 0 Å². The average Bonchev–Trinajstić information content (AvgIpc) is 2.78. The minimum Gasteiger partial charge on any atom is -0.493 e. The molecule has 0 saturated carbocycles. The maximum absolute atomic E-state index is 6.03. The van der Waals surface area contributed by atoms with Crippen molar-refractivity contribution < 1.29 is 9.47 Å². The van der Waals surface area contributed by atoms with E-state index in [2.05, 4.69) is 33.1 Å². The van der Waals surface area contributed by atoms with Gasteiger partial charge in [0, 0.05) is 38.9 Å². The van der Waals surface area contributed by atoms with Gasteiger partial charge in [0.25, 0.3) is 0 Å². The molecule has 1 N–H and O–H groups in total. The molecule has 1 unspecified atom stereocenters. The van der Waals surface area contributed by atoms with Gasteiger partial charge in [0.05, 0.1) is 13.7 Å². The third kappa shape index (κ3) is 5.76. The lowest BCUT2D eigenvalue weighted by atomic mass is 10.3. The van der Waals surface area contributed by atoms with Crippen molar-refractivity contribution in [3.05, 3.63) is 48.7 Å². The van der Waals surface area contributed by atoms with Crippen molar-refractivity contribution in [2.45, 2.75) is 20.0 Å². The van der Waals surface area contributed by atoms with E-state index in [9.17, 15) is 0 Å². The summed E-state index contributed by atoms with van der Waals surface area (Å²) in [5.74, 6) is 3.45. The lowest BCUT2D eigenvalue weighted by Gasteiger charge is -2.37. The Kier molecular flexibility index (Phi) is 7.55. The summed E-state index contributed by atoms with van der Waals surface area (Å²) in [5.41, 5.74) is 0. The third-order valence-corrected chi connectivity index (χ3v) is 4.78. The second-order valence-corrected chi connectivity index (χ2v) is 6.94. The van der Waals surface area contributed by atoms with Crippen molar-refractivity contribution >= 4 is 11.8 Å². The number of benzene rings is 1. The Bertz CT molecular complexity index is 776. The van der Waals surface area contributed by atoms with Crippen molar-refractivity contribution in [3.63, 3.8) is 0 Å². The monoisotopic (exact) mass is 397 g/mol. The van der Waals surface area contributed by atoms with Crippen molar-refractivity contribution in [3.8, 4) is 11.5 Å². The van der Waals surface area contributed by atoms with Gasteiger partial charge in [-0.1, -0.05) is 18.2 Å². The van der Waals surface area contributed by atoms with Crippen LogP contribution in [0.1, 0.15) is 13.8 Å². The number of anilines is 1. The zero-order chi connectivity index (χ0) is 20.5. The molecule has 7 nitrogen and oxygen atoms in total. The van der Waals surface area contributed by atoms with Crippen LogP contribution in [0.4, 0.5) is 5.82 Å².